The molecule has 1 heterocycles. The van der Waals surface area contributed by atoms with E-state index in [1.54, 1.807) is 24.3 Å². The number of anilines is 1. The highest BCUT2D eigenvalue weighted by atomic mass is 32.2. The van der Waals surface area contributed by atoms with Crippen molar-refractivity contribution in [2.75, 3.05) is 4.72 Å². The van der Waals surface area contributed by atoms with Crippen molar-refractivity contribution >= 4 is 26.6 Å². The van der Waals surface area contributed by atoms with Crippen molar-refractivity contribution in [2.45, 2.75) is 70.0 Å². The molecule has 0 atom stereocenters. The van der Waals surface area contributed by atoms with Crippen LogP contribution in [0.2, 0.25) is 0 Å². The lowest BCUT2D eigenvalue weighted by molar-refractivity contribution is 0.589. The molecule has 0 saturated heterocycles. The molecule has 0 amide bonds. The number of hydrogen-bond acceptors (Lipinski definition) is 5. The third kappa shape index (κ3) is 6.69. The zero-order valence-corrected chi connectivity index (χ0v) is 20.6. The minimum absolute atomic E-state index is 0.0822. The summed E-state index contributed by atoms with van der Waals surface area (Å²) in [5.41, 5.74) is 1.56. The Balaban J connectivity index is 0.000000574. The zero-order valence-electron chi connectivity index (χ0n) is 19.8. The molecule has 0 unspecified atom stereocenters. The van der Waals surface area contributed by atoms with E-state index < -0.39 is 10.0 Å². The second kappa shape index (κ2) is 11.8. The van der Waals surface area contributed by atoms with Crippen molar-refractivity contribution in [1.82, 2.24) is 9.88 Å². The van der Waals surface area contributed by atoms with E-state index in [4.69, 9.17) is 5.26 Å². The predicted molar refractivity (Wildman–Crippen MR) is 136 cm³/mol. The fourth-order valence-corrected chi connectivity index (χ4v) is 4.99. The normalized spacial score (nSPS) is 13.4. The number of nitriles is 1. The molecule has 4 rings (SSSR count). The van der Waals surface area contributed by atoms with Gasteiger partial charge in [0.1, 0.15) is 6.54 Å². The third-order valence-electron chi connectivity index (χ3n) is 5.71. The monoisotopic (exact) mass is 480 g/mol. The van der Waals surface area contributed by atoms with Crippen LogP contribution in [0.1, 0.15) is 51.5 Å². The van der Waals surface area contributed by atoms with Crippen molar-refractivity contribution in [2.24, 2.45) is 0 Å². The average Bonchev–Trinajstić information content (AvgIpc) is 3.40. The minimum Gasteiger partial charge on any atom is -0.310 e. The molecular formula is C26H32N4O3S. The SMILES string of the molecule is C1CCCC1.CC(C)NCc1ccccc1NS(=O)(=O)c1ccc2c(ccc(=O)n2CC#N)c1. The van der Waals surface area contributed by atoms with Gasteiger partial charge < -0.3 is 5.32 Å². The molecule has 2 N–H and O–H groups in total. The highest BCUT2D eigenvalue weighted by Crippen LogP contribution is 2.23. The summed E-state index contributed by atoms with van der Waals surface area (Å²) < 4.78 is 29.9. The Morgan fingerprint density at radius 2 is 1.68 bits per heavy atom. The van der Waals surface area contributed by atoms with Gasteiger partial charge in [0.25, 0.3) is 15.6 Å². The van der Waals surface area contributed by atoms with Gasteiger partial charge in [-0.25, -0.2) is 8.42 Å². The molecule has 1 aliphatic carbocycles. The van der Waals surface area contributed by atoms with Crippen LogP contribution < -0.4 is 15.6 Å². The maximum absolute atomic E-state index is 13.0. The van der Waals surface area contributed by atoms with Gasteiger partial charge in [0.2, 0.25) is 0 Å². The first-order chi connectivity index (χ1) is 16.3. The first kappa shape index (κ1) is 25.5. The molecule has 7 nitrogen and oxygen atoms in total. The Morgan fingerprint density at radius 1 is 1.00 bits per heavy atom. The number of nitrogens with zero attached hydrogens (tertiary/aromatic N) is 2. The first-order valence-electron chi connectivity index (χ1n) is 11.7. The van der Waals surface area contributed by atoms with Crippen molar-refractivity contribution in [3.8, 4) is 6.07 Å². The number of hydrogen-bond donors (Lipinski definition) is 2. The maximum Gasteiger partial charge on any atom is 0.261 e. The Bertz CT molecular complexity index is 1310. The first-order valence-corrected chi connectivity index (χ1v) is 13.1. The van der Waals surface area contributed by atoms with Crippen LogP contribution in [-0.4, -0.2) is 19.0 Å². The smallest absolute Gasteiger partial charge is 0.261 e. The summed E-state index contributed by atoms with van der Waals surface area (Å²) in [6, 6.07) is 16.8. The summed E-state index contributed by atoms with van der Waals surface area (Å²) in [7, 11) is -3.83. The second-order valence-electron chi connectivity index (χ2n) is 8.70. The molecule has 0 bridgehead atoms. The van der Waals surface area contributed by atoms with Crippen LogP contribution in [0.5, 0.6) is 0 Å². The van der Waals surface area contributed by atoms with Gasteiger partial charge >= 0.3 is 0 Å². The average molecular weight is 481 g/mol. The number of pyridine rings is 1. The molecule has 1 aliphatic rings. The Morgan fingerprint density at radius 3 is 2.32 bits per heavy atom. The number of rotatable bonds is 7. The molecule has 1 aromatic heterocycles. The number of benzene rings is 2. The van der Waals surface area contributed by atoms with E-state index in [9.17, 15) is 13.2 Å². The molecule has 0 radical (unpaired) electrons. The van der Waals surface area contributed by atoms with Gasteiger partial charge in [-0.2, -0.15) is 5.26 Å². The van der Waals surface area contributed by atoms with Gasteiger partial charge in [-0.1, -0.05) is 64.2 Å². The highest BCUT2D eigenvalue weighted by molar-refractivity contribution is 7.92. The molecule has 1 saturated carbocycles. The van der Waals surface area contributed by atoms with Gasteiger partial charge in [0.05, 0.1) is 22.2 Å². The van der Waals surface area contributed by atoms with Gasteiger partial charge in [-0.05, 0) is 41.3 Å². The van der Waals surface area contributed by atoms with Crippen LogP contribution in [0.25, 0.3) is 10.9 Å². The number of nitrogens with one attached hydrogen (secondary N) is 2. The van der Waals surface area contributed by atoms with E-state index in [0.717, 1.165) is 5.56 Å². The fraction of sp³-hybridized carbons (Fsp3) is 0.385. The predicted octanol–water partition coefficient (Wildman–Crippen LogP) is 4.77. The van der Waals surface area contributed by atoms with Crippen molar-refractivity contribution in [1.29, 1.82) is 5.26 Å². The summed E-state index contributed by atoms with van der Waals surface area (Å²) in [4.78, 5) is 12.1. The molecule has 8 heteroatoms. The summed E-state index contributed by atoms with van der Waals surface area (Å²) in [5.74, 6) is 0. The minimum atomic E-state index is -3.83. The van der Waals surface area contributed by atoms with Crippen LogP contribution in [-0.2, 0) is 23.1 Å². The summed E-state index contributed by atoms with van der Waals surface area (Å²) >= 11 is 0. The molecule has 0 aliphatic heterocycles. The lowest BCUT2D eigenvalue weighted by Gasteiger charge is -2.15. The fourth-order valence-electron chi connectivity index (χ4n) is 3.86. The maximum atomic E-state index is 13.0. The van der Waals surface area contributed by atoms with E-state index >= 15 is 0 Å². The number of aromatic nitrogens is 1. The van der Waals surface area contributed by atoms with Gasteiger partial charge in [0, 0.05) is 18.7 Å². The molecule has 3 aromatic rings. The number of fused-ring (bicyclic) bond motifs is 1. The lowest BCUT2D eigenvalue weighted by Crippen LogP contribution is -2.23. The van der Waals surface area contributed by atoms with E-state index in [0.29, 0.717) is 23.1 Å². The third-order valence-corrected chi connectivity index (χ3v) is 7.08. The van der Waals surface area contributed by atoms with Gasteiger partial charge in [0.15, 0.2) is 0 Å². The summed E-state index contributed by atoms with van der Waals surface area (Å²) in [6.45, 7) is 4.48. The summed E-state index contributed by atoms with van der Waals surface area (Å²) in [5, 5.41) is 12.8. The molecule has 2 aromatic carbocycles. The Kier molecular flexibility index (Phi) is 8.85. The highest BCUT2D eigenvalue weighted by Gasteiger charge is 2.17. The Labute approximate surface area is 201 Å². The standard InChI is InChI=1S/C21H22N4O3S.C5H10/c1-15(2)23-14-17-5-3-4-6-19(17)24-29(27,28)18-8-9-20-16(13-18)7-10-21(26)25(20)12-11-22;1-2-4-5-3-1/h3-10,13,15,23-24H,12,14H2,1-2H3;1-5H2. The zero-order chi connectivity index (χ0) is 24.6. The largest absolute Gasteiger partial charge is 0.310 e. The van der Waals surface area contributed by atoms with E-state index in [1.165, 1.54) is 54.9 Å². The Hall–Kier alpha value is -3.15. The van der Waals surface area contributed by atoms with E-state index in [2.05, 4.69) is 10.0 Å². The van der Waals surface area contributed by atoms with Gasteiger partial charge in [-0.15, -0.1) is 0 Å². The second-order valence-corrected chi connectivity index (χ2v) is 10.4. The molecule has 180 valence electrons. The van der Waals surface area contributed by atoms with Crippen LogP contribution in [0.15, 0.2) is 64.3 Å². The van der Waals surface area contributed by atoms with Crippen LogP contribution >= 0.6 is 0 Å². The molecule has 1 fully saturated rings. The molecule has 0 spiro atoms. The van der Waals surface area contributed by atoms with Crippen LogP contribution in [0, 0.1) is 11.3 Å². The van der Waals surface area contributed by atoms with E-state index in [-0.39, 0.29) is 23.0 Å². The molecule has 34 heavy (non-hydrogen) atoms. The lowest BCUT2D eigenvalue weighted by atomic mass is 10.2. The van der Waals surface area contributed by atoms with Crippen LogP contribution in [0.4, 0.5) is 5.69 Å². The number of sulfonamides is 1. The van der Waals surface area contributed by atoms with E-state index in [1.807, 2.05) is 32.0 Å². The topological polar surface area (TPSA) is 104 Å². The number of para-hydroxylation sites is 1. The van der Waals surface area contributed by atoms with Gasteiger partial charge in [-0.3, -0.25) is 14.1 Å². The summed E-state index contributed by atoms with van der Waals surface area (Å²) in [6.07, 6.45) is 7.50. The van der Waals surface area contributed by atoms with Crippen molar-refractivity contribution < 1.29 is 8.42 Å². The molecular weight excluding hydrogens is 448 g/mol. The quantitative estimate of drug-likeness (QED) is 0.507. The van der Waals surface area contributed by atoms with Crippen molar-refractivity contribution in [3.63, 3.8) is 0 Å². The van der Waals surface area contributed by atoms with Crippen LogP contribution in [0.3, 0.4) is 0 Å². The van der Waals surface area contributed by atoms with Crippen molar-refractivity contribution in [3.05, 3.63) is 70.5 Å².